The molecule has 1 amide bonds. The standard InChI is InChI=1S/C23H19ClN4O2/c1-25-16-2-3-18-17(4-5-27-20(18)13-16)19-12-15(24)10-14-11-21(30-22(14)19)23(29)28-8-6-26-7-9-28/h2-5,10,12-13,21,26H,6-9,11H2. The number of fused-ring (bicyclic) bond motifs is 2. The van der Waals surface area contributed by atoms with Crippen molar-refractivity contribution < 1.29 is 9.53 Å². The molecule has 6 nitrogen and oxygen atoms in total. The third-order valence-corrected chi connectivity index (χ3v) is 5.86. The molecule has 3 aromatic rings. The van der Waals surface area contributed by atoms with Gasteiger partial charge in [-0.3, -0.25) is 9.78 Å². The van der Waals surface area contributed by atoms with Crippen LogP contribution in [0.25, 0.3) is 26.9 Å². The number of aromatic nitrogens is 1. The van der Waals surface area contributed by atoms with Gasteiger partial charge in [-0.1, -0.05) is 23.7 Å². The lowest BCUT2D eigenvalue weighted by atomic mass is 9.97. The summed E-state index contributed by atoms with van der Waals surface area (Å²) in [6.45, 7) is 10.2. The summed E-state index contributed by atoms with van der Waals surface area (Å²) < 4.78 is 6.22. The van der Waals surface area contributed by atoms with Gasteiger partial charge in [0.1, 0.15) is 5.75 Å². The van der Waals surface area contributed by atoms with E-state index in [2.05, 4.69) is 15.1 Å². The molecule has 1 unspecified atom stereocenters. The molecular weight excluding hydrogens is 400 g/mol. The molecule has 0 bridgehead atoms. The number of piperazine rings is 1. The molecule has 2 aromatic carbocycles. The minimum Gasteiger partial charge on any atom is -0.479 e. The number of carbonyl (C=O) groups excluding carboxylic acids is 1. The quantitative estimate of drug-likeness (QED) is 0.642. The van der Waals surface area contributed by atoms with Crippen LogP contribution in [0.15, 0.2) is 42.6 Å². The van der Waals surface area contributed by atoms with Crippen molar-refractivity contribution in [2.24, 2.45) is 0 Å². The van der Waals surface area contributed by atoms with Crippen molar-refractivity contribution in [1.29, 1.82) is 0 Å². The molecule has 30 heavy (non-hydrogen) atoms. The Morgan fingerprint density at radius 3 is 2.83 bits per heavy atom. The Labute approximate surface area is 179 Å². The predicted molar refractivity (Wildman–Crippen MR) is 116 cm³/mol. The summed E-state index contributed by atoms with van der Waals surface area (Å²) in [5, 5.41) is 4.78. The average Bonchev–Trinajstić information content (AvgIpc) is 3.21. The third kappa shape index (κ3) is 3.26. The maximum Gasteiger partial charge on any atom is 0.264 e. The van der Waals surface area contributed by atoms with Crippen LogP contribution in [0.1, 0.15) is 5.56 Å². The number of nitrogens with one attached hydrogen (secondary N) is 1. The first kappa shape index (κ1) is 18.9. The fourth-order valence-electron chi connectivity index (χ4n) is 4.19. The Morgan fingerprint density at radius 2 is 2.03 bits per heavy atom. The van der Waals surface area contributed by atoms with Gasteiger partial charge in [-0.25, -0.2) is 4.85 Å². The molecule has 2 aliphatic rings. The molecule has 3 heterocycles. The number of ether oxygens (including phenoxy) is 1. The van der Waals surface area contributed by atoms with Gasteiger partial charge in [-0.2, -0.15) is 0 Å². The highest BCUT2D eigenvalue weighted by atomic mass is 35.5. The van der Waals surface area contributed by atoms with Gasteiger partial charge in [0.2, 0.25) is 0 Å². The summed E-state index contributed by atoms with van der Waals surface area (Å²) in [5.74, 6) is 0.727. The Kier molecular flexibility index (Phi) is 4.78. The first-order chi connectivity index (χ1) is 14.6. The van der Waals surface area contributed by atoms with Crippen LogP contribution in [-0.2, 0) is 11.2 Å². The Morgan fingerprint density at radius 1 is 1.20 bits per heavy atom. The molecule has 1 saturated heterocycles. The van der Waals surface area contributed by atoms with Gasteiger partial charge in [-0.05, 0) is 29.8 Å². The summed E-state index contributed by atoms with van der Waals surface area (Å²) >= 11 is 6.44. The minimum absolute atomic E-state index is 0.0241. The molecule has 1 fully saturated rings. The molecule has 0 spiro atoms. The van der Waals surface area contributed by atoms with E-state index in [1.807, 2.05) is 29.2 Å². The van der Waals surface area contributed by atoms with Crippen molar-refractivity contribution in [2.45, 2.75) is 12.5 Å². The smallest absolute Gasteiger partial charge is 0.264 e. The van der Waals surface area contributed by atoms with Gasteiger partial charge in [0, 0.05) is 60.3 Å². The SMILES string of the molecule is [C-]#[N+]c1ccc2c(-c3cc(Cl)cc4c3OC(C(=O)N3CCNCC3)C4)ccnc2c1. The maximum atomic E-state index is 13.0. The molecule has 1 N–H and O–H groups in total. The lowest BCUT2D eigenvalue weighted by Crippen LogP contribution is -2.50. The van der Waals surface area contributed by atoms with Crippen LogP contribution >= 0.6 is 11.6 Å². The number of pyridine rings is 1. The largest absolute Gasteiger partial charge is 0.479 e. The highest BCUT2D eigenvalue weighted by Gasteiger charge is 2.35. The number of rotatable bonds is 2. The summed E-state index contributed by atoms with van der Waals surface area (Å²) in [7, 11) is 0. The average molecular weight is 419 g/mol. The van der Waals surface area contributed by atoms with E-state index in [9.17, 15) is 4.79 Å². The zero-order valence-electron chi connectivity index (χ0n) is 16.2. The molecule has 2 aliphatic heterocycles. The molecule has 150 valence electrons. The minimum atomic E-state index is -0.530. The van der Waals surface area contributed by atoms with Crippen molar-refractivity contribution in [2.75, 3.05) is 26.2 Å². The molecule has 5 rings (SSSR count). The number of hydrogen-bond acceptors (Lipinski definition) is 4. The topological polar surface area (TPSA) is 58.8 Å². The second-order valence-electron chi connectivity index (χ2n) is 7.50. The number of benzene rings is 2. The molecule has 0 aliphatic carbocycles. The summed E-state index contributed by atoms with van der Waals surface area (Å²) in [6.07, 6.45) is 1.70. The van der Waals surface area contributed by atoms with Gasteiger partial charge in [-0.15, -0.1) is 0 Å². The fraction of sp³-hybridized carbons (Fsp3) is 0.261. The van der Waals surface area contributed by atoms with Crippen LogP contribution in [0.4, 0.5) is 5.69 Å². The van der Waals surface area contributed by atoms with Crippen molar-refractivity contribution in [3.63, 3.8) is 0 Å². The van der Waals surface area contributed by atoms with Crippen molar-refractivity contribution in [3.8, 4) is 16.9 Å². The Bertz CT molecular complexity index is 1200. The second kappa shape index (κ2) is 7.60. The molecule has 7 heteroatoms. The Hall–Kier alpha value is -3.14. The highest BCUT2D eigenvalue weighted by molar-refractivity contribution is 6.31. The zero-order chi connectivity index (χ0) is 20.7. The molecule has 1 aromatic heterocycles. The van der Waals surface area contributed by atoms with Crippen LogP contribution in [0.3, 0.4) is 0 Å². The van der Waals surface area contributed by atoms with Crippen LogP contribution in [-0.4, -0.2) is 48.1 Å². The van der Waals surface area contributed by atoms with Crippen LogP contribution in [0.2, 0.25) is 5.02 Å². The van der Waals surface area contributed by atoms with Crippen LogP contribution in [0, 0.1) is 6.57 Å². The van der Waals surface area contributed by atoms with E-state index in [-0.39, 0.29) is 5.91 Å². The fourth-order valence-corrected chi connectivity index (χ4v) is 4.43. The number of halogens is 1. The zero-order valence-corrected chi connectivity index (χ0v) is 16.9. The lowest BCUT2D eigenvalue weighted by molar-refractivity contribution is -0.138. The van der Waals surface area contributed by atoms with Crippen LogP contribution in [0.5, 0.6) is 5.75 Å². The lowest BCUT2D eigenvalue weighted by Gasteiger charge is -2.29. The van der Waals surface area contributed by atoms with E-state index >= 15 is 0 Å². The van der Waals surface area contributed by atoms with E-state index in [1.54, 1.807) is 18.3 Å². The van der Waals surface area contributed by atoms with Crippen LogP contribution < -0.4 is 10.1 Å². The predicted octanol–water partition coefficient (Wildman–Crippen LogP) is 3.84. The van der Waals surface area contributed by atoms with Crippen molar-refractivity contribution >= 4 is 34.1 Å². The molecule has 0 saturated carbocycles. The van der Waals surface area contributed by atoms with Crippen molar-refractivity contribution in [1.82, 2.24) is 15.2 Å². The van der Waals surface area contributed by atoms with Crippen molar-refractivity contribution in [3.05, 3.63) is 64.6 Å². The summed E-state index contributed by atoms with van der Waals surface area (Å²) in [4.78, 5) is 22.7. The first-order valence-electron chi connectivity index (χ1n) is 9.89. The van der Waals surface area contributed by atoms with E-state index in [0.29, 0.717) is 36.0 Å². The van der Waals surface area contributed by atoms with E-state index in [1.165, 1.54) is 0 Å². The van der Waals surface area contributed by atoms with E-state index < -0.39 is 6.10 Å². The van der Waals surface area contributed by atoms with Gasteiger partial charge >= 0.3 is 0 Å². The monoisotopic (exact) mass is 418 g/mol. The van der Waals surface area contributed by atoms with Gasteiger partial charge in [0.05, 0.1) is 12.1 Å². The molecular formula is C23H19ClN4O2. The van der Waals surface area contributed by atoms with Gasteiger partial charge in [0.15, 0.2) is 11.8 Å². The van der Waals surface area contributed by atoms with Gasteiger partial charge < -0.3 is 15.0 Å². The third-order valence-electron chi connectivity index (χ3n) is 5.65. The molecule has 0 radical (unpaired) electrons. The second-order valence-corrected chi connectivity index (χ2v) is 7.94. The summed E-state index contributed by atoms with van der Waals surface area (Å²) in [6, 6.07) is 11.1. The van der Waals surface area contributed by atoms with Gasteiger partial charge in [0.25, 0.3) is 5.91 Å². The molecule has 1 atom stereocenters. The Balaban J connectivity index is 1.55. The number of hydrogen-bond donors (Lipinski definition) is 1. The first-order valence-corrected chi connectivity index (χ1v) is 10.3. The normalized spacial score (nSPS) is 18.0. The maximum absolute atomic E-state index is 13.0. The van der Waals surface area contributed by atoms with E-state index in [4.69, 9.17) is 22.9 Å². The van der Waals surface area contributed by atoms with E-state index in [0.717, 1.165) is 40.7 Å². The number of carbonyl (C=O) groups is 1. The highest BCUT2D eigenvalue weighted by Crippen LogP contribution is 2.43. The summed E-state index contributed by atoms with van der Waals surface area (Å²) in [5.41, 5.74) is 3.98. The number of amides is 1. The number of nitrogens with zero attached hydrogens (tertiary/aromatic N) is 3.